The van der Waals surface area contributed by atoms with Gasteiger partial charge in [0.2, 0.25) is 0 Å². The van der Waals surface area contributed by atoms with Crippen LogP contribution in [-0.2, 0) is 13.0 Å². The Bertz CT molecular complexity index is 363. The first-order valence-electron chi connectivity index (χ1n) is 6.19. The zero-order chi connectivity index (χ0) is 12.8. The molecule has 0 aliphatic heterocycles. The zero-order valence-electron chi connectivity index (χ0n) is 11.2. The molecule has 1 aromatic heterocycles. The fraction of sp³-hybridized carbons (Fsp3) is 0.500. The Morgan fingerprint density at radius 2 is 2.12 bits per heavy atom. The average Bonchev–Trinajstić information content (AvgIpc) is 2.34. The van der Waals surface area contributed by atoms with Crippen molar-refractivity contribution in [3.63, 3.8) is 0 Å². The summed E-state index contributed by atoms with van der Waals surface area (Å²) in [6.07, 6.45) is 0.936. The average molecular weight is 233 g/mol. The Hall–Kier alpha value is -1.35. The van der Waals surface area contributed by atoms with Crippen molar-refractivity contribution in [3.8, 4) is 0 Å². The summed E-state index contributed by atoms with van der Waals surface area (Å²) in [5, 5.41) is 0. The lowest BCUT2D eigenvalue weighted by Crippen LogP contribution is -2.26. The lowest BCUT2D eigenvalue weighted by Gasteiger charge is -2.23. The summed E-state index contributed by atoms with van der Waals surface area (Å²) in [6.45, 7) is 12.6. The van der Waals surface area contributed by atoms with Gasteiger partial charge >= 0.3 is 0 Å². The monoisotopic (exact) mass is 233 g/mol. The molecular formula is C14H23N3. The highest BCUT2D eigenvalue weighted by atomic mass is 15.2. The third kappa shape index (κ3) is 3.86. The summed E-state index contributed by atoms with van der Waals surface area (Å²) >= 11 is 0. The van der Waals surface area contributed by atoms with Gasteiger partial charge in [-0.1, -0.05) is 19.1 Å². The Balaban J connectivity index is 3.04. The van der Waals surface area contributed by atoms with Crippen molar-refractivity contribution in [2.24, 2.45) is 5.73 Å². The van der Waals surface area contributed by atoms with E-state index < -0.39 is 0 Å². The van der Waals surface area contributed by atoms with Crippen molar-refractivity contribution < 1.29 is 0 Å². The molecule has 0 spiro atoms. The van der Waals surface area contributed by atoms with E-state index in [0.717, 1.165) is 42.2 Å². The van der Waals surface area contributed by atoms with Crippen LogP contribution in [0, 0.1) is 0 Å². The summed E-state index contributed by atoms with van der Waals surface area (Å²) in [5.74, 6) is 1.01. The van der Waals surface area contributed by atoms with Gasteiger partial charge in [-0.15, -0.1) is 0 Å². The fourth-order valence-electron chi connectivity index (χ4n) is 1.77. The number of aromatic nitrogens is 1. The van der Waals surface area contributed by atoms with Crippen molar-refractivity contribution in [2.45, 2.75) is 33.7 Å². The van der Waals surface area contributed by atoms with Crippen LogP contribution in [0.1, 0.15) is 32.0 Å². The van der Waals surface area contributed by atoms with Gasteiger partial charge in [-0.2, -0.15) is 0 Å². The van der Waals surface area contributed by atoms with E-state index in [1.54, 1.807) is 0 Å². The SMILES string of the molecule is C=C(C)CN(CC)c1cc(CN)cc(CC)n1. The van der Waals surface area contributed by atoms with E-state index in [0.29, 0.717) is 6.54 Å². The molecular weight excluding hydrogens is 210 g/mol. The Morgan fingerprint density at radius 3 is 2.59 bits per heavy atom. The summed E-state index contributed by atoms with van der Waals surface area (Å²) in [4.78, 5) is 6.88. The molecule has 0 fully saturated rings. The van der Waals surface area contributed by atoms with E-state index in [4.69, 9.17) is 5.73 Å². The number of pyridine rings is 1. The Labute approximate surface area is 104 Å². The fourth-order valence-corrected chi connectivity index (χ4v) is 1.77. The highest BCUT2D eigenvalue weighted by molar-refractivity contribution is 5.44. The number of hydrogen-bond donors (Lipinski definition) is 1. The number of anilines is 1. The summed E-state index contributed by atoms with van der Waals surface area (Å²) in [5.41, 5.74) is 9.11. The predicted octanol–water partition coefficient (Wildman–Crippen LogP) is 2.51. The van der Waals surface area contributed by atoms with Crippen molar-refractivity contribution in [1.29, 1.82) is 0 Å². The molecule has 2 N–H and O–H groups in total. The van der Waals surface area contributed by atoms with E-state index in [9.17, 15) is 0 Å². The van der Waals surface area contributed by atoms with Gasteiger partial charge in [-0.3, -0.25) is 0 Å². The van der Waals surface area contributed by atoms with E-state index in [2.05, 4.69) is 42.4 Å². The number of rotatable bonds is 6. The van der Waals surface area contributed by atoms with Gasteiger partial charge in [0.25, 0.3) is 0 Å². The molecule has 0 aromatic carbocycles. The molecule has 17 heavy (non-hydrogen) atoms. The normalized spacial score (nSPS) is 10.4. The van der Waals surface area contributed by atoms with Crippen LogP contribution >= 0.6 is 0 Å². The smallest absolute Gasteiger partial charge is 0.129 e. The van der Waals surface area contributed by atoms with E-state index in [1.165, 1.54) is 0 Å². The number of nitrogens with zero attached hydrogens (tertiary/aromatic N) is 2. The molecule has 0 aliphatic carbocycles. The first kappa shape index (κ1) is 13.7. The second-order valence-electron chi connectivity index (χ2n) is 4.35. The number of likely N-dealkylation sites (N-methyl/N-ethyl adjacent to an activating group) is 1. The Kier molecular flexibility index (Phi) is 5.16. The molecule has 0 atom stereocenters. The van der Waals surface area contributed by atoms with Gasteiger partial charge in [0.05, 0.1) is 0 Å². The van der Waals surface area contributed by atoms with Crippen molar-refractivity contribution in [2.75, 3.05) is 18.0 Å². The van der Waals surface area contributed by atoms with Crippen molar-refractivity contribution in [1.82, 2.24) is 4.98 Å². The van der Waals surface area contributed by atoms with Crippen LogP contribution in [0.5, 0.6) is 0 Å². The molecule has 3 heteroatoms. The summed E-state index contributed by atoms with van der Waals surface area (Å²) < 4.78 is 0. The van der Waals surface area contributed by atoms with Crippen molar-refractivity contribution in [3.05, 3.63) is 35.5 Å². The van der Waals surface area contributed by atoms with Gasteiger partial charge in [0.1, 0.15) is 5.82 Å². The first-order valence-corrected chi connectivity index (χ1v) is 6.19. The molecule has 0 radical (unpaired) electrons. The maximum Gasteiger partial charge on any atom is 0.129 e. The van der Waals surface area contributed by atoms with E-state index in [1.807, 2.05) is 6.92 Å². The minimum absolute atomic E-state index is 0.563. The first-order chi connectivity index (χ1) is 8.10. The second-order valence-corrected chi connectivity index (χ2v) is 4.35. The molecule has 0 saturated heterocycles. The third-order valence-corrected chi connectivity index (χ3v) is 2.69. The lowest BCUT2D eigenvalue weighted by atomic mass is 10.2. The van der Waals surface area contributed by atoms with Crippen molar-refractivity contribution >= 4 is 5.82 Å². The highest BCUT2D eigenvalue weighted by Gasteiger charge is 2.08. The topological polar surface area (TPSA) is 42.1 Å². The van der Waals surface area contributed by atoms with E-state index in [-0.39, 0.29) is 0 Å². The molecule has 1 heterocycles. The van der Waals surface area contributed by atoms with E-state index >= 15 is 0 Å². The minimum Gasteiger partial charge on any atom is -0.353 e. The Morgan fingerprint density at radius 1 is 1.41 bits per heavy atom. The highest BCUT2D eigenvalue weighted by Crippen LogP contribution is 2.16. The maximum absolute atomic E-state index is 5.72. The standard InChI is InChI=1S/C14H23N3/c1-5-13-7-12(9-15)8-14(16-13)17(6-2)10-11(3)4/h7-8H,3,5-6,9-10,15H2,1-2,4H3. The van der Waals surface area contributed by atoms with Gasteiger partial charge in [-0.05, 0) is 38.0 Å². The number of hydrogen-bond acceptors (Lipinski definition) is 3. The molecule has 0 aliphatic rings. The predicted molar refractivity (Wildman–Crippen MR) is 74.2 cm³/mol. The van der Waals surface area contributed by atoms with Crippen LogP contribution in [0.2, 0.25) is 0 Å². The molecule has 1 rings (SSSR count). The zero-order valence-corrected chi connectivity index (χ0v) is 11.2. The number of aryl methyl sites for hydroxylation is 1. The molecule has 0 unspecified atom stereocenters. The van der Waals surface area contributed by atoms with Crippen LogP contribution in [0.3, 0.4) is 0 Å². The van der Waals surface area contributed by atoms with Crippen LogP contribution in [-0.4, -0.2) is 18.1 Å². The minimum atomic E-state index is 0.563. The van der Waals surface area contributed by atoms with Crippen LogP contribution in [0.15, 0.2) is 24.3 Å². The van der Waals surface area contributed by atoms with Gasteiger partial charge in [0, 0.05) is 25.3 Å². The summed E-state index contributed by atoms with van der Waals surface area (Å²) in [7, 11) is 0. The van der Waals surface area contributed by atoms with Crippen LogP contribution in [0.25, 0.3) is 0 Å². The van der Waals surface area contributed by atoms with Crippen LogP contribution in [0.4, 0.5) is 5.82 Å². The summed E-state index contributed by atoms with van der Waals surface area (Å²) in [6, 6.07) is 4.16. The van der Waals surface area contributed by atoms with Crippen LogP contribution < -0.4 is 10.6 Å². The van der Waals surface area contributed by atoms with Gasteiger partial charge in [0.15, 0.2) is 0 Å². The van der Waals surface area contributed by atoms with Gasteiger partial charge in [-0.25, -0.2) is 4.98 Å². The quantitative estimate of drug-likeness (QED) is 0.768. The third-order valence-electron chi connectivity index (χ3n) is 2.69. The molecule has 0 amide bonds. The lowest BCUT2D eigenvalue weighted by molar-refractivity contribution is 0.844. The van der Waals surface area contributed by atoms with Gasteiger partial charge < -0.3 is 10.6 Å². The molecule has 0 bridgehead atoms. The molecule has 1 aromatic rings. The molecule has 0 saturated carbocycles. The number of nitrogens with two attached hydrogens (primary N) is 1. The molecule has 94 valence electrons. The second kappa shape index (κ2) is 6.40. The maximum atomic E-state index is 5.72. The molecule has 3 nitrogen and oxygen atoms in total. The largest absolute Gasteiger partial charge is 0.353 e.